The molecule has 168 valence electrons. The van der Waals surface area contributed by atoms with Gasteiger partial charge in [-0.2, -0.15) is 0 Å². The Hall–Kier alpha value is -3.49. The summed E-state index contributed by atoms with van der Waals surface area (Å²) in [5.74, 6) is 1.02. The summed E-state index contributed by atoms with van der Waals surface area (Å²) in [5, 5.41) is 14.3. The van der Waals surface area contributed by atoms with Gasteiger partial charge in [-0.3, -0.25) is 14.9 Å². The van der Waals surface area contributed by atoms with Crippen LogP contribution in [0.4, 0.5) is 5.69 Å². The number of nitro benzene ring substituents is 1. The summed E-state index contributed by atoms with van der Waals surface area (Å²) in [6, 6.07) is 7.44. The number of hydrogen-bond acceptors (Lipinski definition) is 7. The van der Waals surface area contributed by atoms with Crippen LogP contribution in [0.1, 0.15) is 49.7 Å². The van der Waals surface area contributed by atoms with Crippen LogP contribution in [-0.2, 0) is 0 Å². The molecule has 0 fully saturated rings. The van der Waals surface area contributed by atoms with Crippen molar-refractivity contribution in [2.75, 3.05) is 26.9 Å². The van der Waals surface area contributed by atoms with Gasteiger partial charge in [-0.25, -0.2) is 0 Å². The van der Waals surface area contributed by atoms with Crippen LogP contribution in [0.25, 0.3) is 0 Å². The van der Waals surface area contributed by atoms with Crippen molar-refractivity contribution in [1.82, 2.24) is 5.32 Å². The highest BCUT2D eigenvalue weighted by atomic mass is 16.6. The van der Waals surface area contributed by atoms with E-state index in [1.807, 2.05) is 19.9 Å². The van der Waals surface area contributed by atoms with Crippen molar-refractivity contribution in [3.8, 4) is 23.0 Å². The fraction of sp³-hybridized carbons (Fsp3) is 0.409. The second-order valence-corrected chi connectivity index (χ2v) is 6.48. The number of methoxy groups -OCH3 is 1. The highest BCUT2D eigenvalue weighted by Gasteiger charge is 2.26. The molecule has 0 saturated heterocycles. The summed E-state index contributed by atoms with van der Waals surface area (Å²) in [4.78, 5) is 23.8. The van der Waals surface area contributed by atoms with Crippen molar-refractivity contribution < 1.29 is 28.7 Å². The molecular weight excluding hydrogens is 404 g/mol. The maximum Gasteiger partial charge on any atom is 0.286 e. The Kier molecular flexibility index (Phi) is 8.48. The van der Waals surface area contributed by atoms with Crippen LogP contribution in [0.2, 0.25) is 0 Å². The average Bonchev–Trinajstić information content (AvgIpc) is 2.74. The first-order chi connectivity index (χ1) is 14.9. The third-order valence-corrected chi connectivity index (χ3v) is 4.44. The van der Waals surface area contributed by atoms with Gasteiger partial charge in [-0.15, -0.1) is 0 Å². The van der Waals surface area contributed by atoms with E-state index in [2.05, 4.69) is 5.32 Å². The van der Waals surface area contributed by atoms with E-state index in [-0.39, 0.29) is 22.7 Å². The number of nitrogens with one attached hydrogen (secondary N) is 1. The van der Waals surface area contributed by atoms with Gasteiger partial charge in [0.05, 0.1) is 44.0 Å². The maximum absolute atomic E-state index is 12.9. The summed E-state index contributed by atoms with van der Waals surface area (Å²) in [6.07, 6.45) is 0. The second kappa shape index (κ2) is 11.1. The van der Waals surface area contributed by atoms with Gasteiger partial charge < -0.3 is 24.3 Å². The number of carbonyl (C=O) groups is 1. The number of carbonyl (C=O) groups excluding carboxylic acids is 1. The molecule has 9 nitrogen and oxygen atoms in total. The average molecular weight is 432 g/mol. The predicted octanol–water partition coefficient (Wildman–Crippen LogP) is 4.29. The Morgan fingerprint density at radius 2 is 1.55 bits per heavy atom. The third kappa shape index (κ3) is 5.78. The van der Waals surface area contributed by atoms with Crippen molar-refractivity contribution in [3.05, 3.63) is 51.6 Å². The molecule has 0 aliphatic carbocycles. The maximum atomic E-state index is 12.9. The lowest BCUT2D eigenvalue weighted by molar-refractivity contribution is -0.385. The van der Waals surface area contributed by atoms with Crippen LogP contribution < -0.4 is 24.3 Å². The molecule has 1 atom stereocenters. The van der Waals surface area contributed by atoms with Crippen LogP contribution >= 0.6 is 0 Å². The summed E-state index contributed by atoms with van der Waals surface area (Å²) in [7, 11) is 1.38. The normalized spacial score (nSPS) is 11.4. The Morgan fingerprint density at radius 1 is 0.968 bits per heavy atom. The zero-order valence-electron chi connectivity index (χ0n) is 18.4. The predicted molar refractivity (Wildman–Crippen MR) is 115 cm³/mol. The lowest BCUT2D eigenvalue weighted by atomic mass is 10.1. The standard InChI is InChI=1S/C22H28N2O7/c1-6-29-18-10-9-15(11-20(18)30-7-2)14(4)23-22(25)16-12-21(31-8-3)19(28-5)13-17(16)24(26)27/h9-14H,6-8H2,1-5H3,(H,23,25). The van der Waals surface area contributed by atoms with Crippen LogP contribution in [0.3, 0.4) is 0 Å². The number of hydrogen-bond donors (Lipinski definition) is 1. The van der Waals surface area contributed by atoms with Crippen molar-refractivity contribution in [2.24, 2.45) is 0 Å². The van der Waals surface area contributed by atoms with Gasteiger partial charge in [0.25, 0.3) is 11.6 Å². The molecule has 0 bridgehead atoms. The molecule has 1 unspecified atom stereocenters. The molecule has 1 N–H and O–H groups in total. The first kappa shape index (κ1) is 23.8. The first-order valence-electron chi connectivity index (χ1n) is 10.1. The minimum absolute atomic E-state index is 0.114. The quantitative estimate of drug-likeness (QED) is 0.417. The monoisotopic (exact) mass is 432 g/mol. The zero-order valence-corrected chi connectivity index (χ0v) is 18.4. The van der Waals surface area contributed by atoms with Gasteiger partial charge in [0.2, 0.25) is 0 Å². The fourth-order valence-corrected chi connectivity index (χ4v) is 3.00. The molecule has 0 aliphatic heterocycles. The van der Waals surface area contributed by atoms with E-state index in [1.54, 1.807) is 26.0 Å². The molecular formula is C22H28N2O7. The smallest absolute Gasteiger partial charge is 0.286 e. The molecule has 0 spiro atoms. The van der Waals surface area contributed by atoms with Crippen molar-refractivity contribution >= 4 is 11.6 Å². The summed E-state index contributed by atoms with van der Waals surface area (Å²) in [6.45, 7) is 8.57. The number of ether oxygens (including phenoxy) is 4. The molecule has 0 radical (unpaired) electrons. The molecule has 2 aromatic rings. The third-order valence-electron chi connectivity index (χ3n) is 4.44. The lowest BCUT2D eigenvalue weighted by Crippen LogP contribution is -2.27. The molecule has 0 aliphatic rings. The fourth-order valence-electron chi connectivity index (χ4n) is 3.00. The molecule has 0 aromatic heterocycles. The van der Waals surface area contributed by atoms with Gasteiger partial charge in [0, 0.05) is 6.07 Å². The molecule has 2 rings (SSSR count). The first-order valence-corrected chi connectivity index (χ1v) is 10.1. The minimum Gasteiger partial charge on any atom is -0.493 e. The second-order valence-electron chi connectivity index (χ2n) is 6.48. The summed E-state index contributed by atoms with van der Waals surface area (Å²) in [5.41, 5.74) is 0.283. The topological polar surface area (TPSA) is 109 Å². The largest absolute Gasteiger partial charge is 0.493 e. The van der Waals surface area contributed by atoms with Gasteiger partial charge in [0.1, 0.15) is 5.56 Å². The van der Waals surface area contributed by atoms with Gasteiger partial charge in [-0.05, 0) is 45.4 Å². The Morgan fingerprint density at radius 3 is 2.10 bits per heavy atom. The van der Waals surface area contributed by atoms with E-state index in [0.29, 0.717) is 31.3 Å². The van der Waals surface area contributed by atoms with Gasteiger partial charge in [0.15, 0.2) is 23.0 Å². The Balaban J connectivity index is 2.34. The lowest BCUT2D eigenvalue weighted by Gasteiger charge is -2.18. The van der Waals surface area contributed by atoms with Crippen molar-refractivity contribution in [1.29, 1.82) is 0 Å². The molecule has 0 saturated carbocycles. The number of nitrogens with zero attached hydrogens (tertiary/aromatic N) is 1. The number of amides is 1. The summed E-state index contributed by atoms with van der Waals surface area (Å²) < 4.78 is 21.8. The molecule has 2 aromatic carbocycles. The van der Waals surface area contributed by atoms with Gasteiger partial charge in [-0.1, -0.05) is 6.07 Å². The van der Waals surface area contributed by atoms with E-state index in [9.17, 15) is 14.9 Å². The zero-order chi connectivity index (χ0) is 23.0. The van der Waals surface area contributed by atoms with Crippen LogP contribution in [0, 0.1) is 10.1 Å². The molecule has 0 heterocycles. The molecule has 9 heteroatoms. The molecule has 31 heavy (non-hydrogen) atoms. The van der Waals surface area contributed by atoms with Crippen molar-refractivity contribution in [3.63, 3.8) is 0 Å². The summed E-state index contributed by atoms with van der Waals surface area (Å²) >= 11 is 0. The van der Waals surface area contributed by atoms with E-state index in [0.717, 1.165) is 5.56 Å². The Labute approximate surface area is 181 Å². The minimum atomic E-state index is -0.623. The number of rotatable bonds is 11. The van der Waals surface area contributed by atoms with E-state index in [4.69, 9.17) is 18.9 Å². The van der Waals surface area contributed by atoms with E-state index in [1.165, 1.54) is 19.2 Å². The Bertz CT molecular complexity index is 930. The highest BCUT2D eigenvalue weighted by Crippen LogP contribution is 2.35. The highest BCUT2D eigenvalue weighted by molar-refractivity contribution is 5.99. The SMILES string of the molecule is CCOc1cc(C(=O)NC(C)c2ccc(OCC)c(OCC)c2)c([N+](=O)[O-])cc1OC. The molecule has 1 amide bonds. The van der Waals surface area contributed by atoms with E-state index < -0.39 is 16.9 Å². The number of nitro groups is 1. The van der Waals surface area contributed by atoms with Crippen LogP contribution in [0.15, 0.2) is 30.3 Å². The van der Waals surface area contributed by atoms with Crippen LogP contribution in [0.5, 0.6) is 23.0 Å². The number of benzene rings is 2. The van der Waals surface area contributed by atoms with Crippen LogP contribution in [-0.4, -0.2) is 37.8 Å². The van der Waals surface area contributed by atoms with E-state index >= 15 is 0 Å². The van der Waals surface area contributed by atoms with Gasteiger partial charge >= 0.3 is 0 Å². The van der Waals surface area contributed by atoms with Crippen molar-refractivity contribution in [2.45, 2.75) is 33.7 Å².